The lowest BCUT2D eigenvalue weighted by Crippen LogP contribution is -2.30. The third-order valence-electron chi connectivity index (χ3n) is 5.34. The summed E-state index contributed by atoms with van der Waals surface area (Å²) in [5, 5.41) is 2.98. The number of amides is 1. The molecule has 32 heavy (non-hydrogen) atoms. The molecular formula is C25H26N4O3. The summed E-state index contributed by atoms with van der Waals surface area (Å²) in [7, 11) is 1.70. The van der Waals surface area contributed by atoms with Gasteiger partial charge < -0.3 is 10.1 Å². The highest BCUT2D eigenvalue weighted by Gasteiger charge is 2.11. The minimum absolute atomic E-state index is 0.134. The summed E-state index contributed by atoms with van der Waals surface area (Å²) in [6.45, 7) is 3.70. The highest BCUT2D eigenvalue weighted by atomic mass is 16.5. The Morgan fingerprint density at radius 2 is 1.94 bits per heavy atom. The van der Waals surface area contributed by atoms with E-state index in [1.165, 1.54) is 4.57 Å². The van der Waals surface area contributed by atoms with Gasteiger partial charge in [-0.3, -0.25) is 14.3 Å². The second-order valence-corrected chi connectivity index (χ2v) is 7.98. The van der Waals surface area contributed by atoms with Crippen LogP contribution in [0.3, 0.4) is 0 Å². The van der Waals surface area contributed by atoms with Gasteiger partial charge in [-0.05, 0) is 35.2 Å². The number of aromatic amines is 1. The number of rotatable bonds is 8. The molecule has 4 rings (SSSR count). The third kappa shape index (κ3) is 4.95. The topological polar surface area (TPSA) is 89.0 Å². The van der Waals surface area contributed by atoms with Gasteiger partial charge in [-0.15, -0.1) is 0 Å². The Morgan fingerprint density at radius 1 is 1.12 bits per heavy atom. The number of imidazole rings is 1. The molecule has 0 radical (unpaired) electrons. The molecule has 0 spiro atoms. The lowest BCUT2D eigenvalue weighted by Gasteiger charge is -2.14. The van der Waals surface area contributed by atoms with E-state index in [1.807, 2.05) is 61.5 Å². The van der Waals surface area contributed by atoms with Crippen molar-refractivity contribution in [1.82, 2.24) is 19.9 Å². The number of nitrogens with zero attached hydrogens (tertiary/aromatic N) is 2. The van der Waals surface area contributed by atoms with E-state index in [2.05, 4.69) is 15.3 Å². The van der Waals surface area contributed by atoms with Gasteiger partial charge in [0.1, 0.15) is 0 Å². The summed E-state index contributed by atoms with van der Waals surface area (Å²) >= 11 is 0. The number of ether oxygens (including phenoxy) is 1. The van der Waals surface area contributed by atoms with Crippen molar-refractivity contribution in [1.29, 1.82) is 0 Å². The van der Waals surface area contributed by atoms with Crippen LogP contribution in [0.4, 0.5) is 0 Å². The summed E-state index contributed by atoms with van der Waals surface area (Å²) < 4.78 is 7.28. The molecule has 164 valence electrons. The van der Waals surface area contributed by atoms with Gasteiger partial charge in [0.15, 0.2) is 5.65 Å². The van der Waals surface area contributed by atoms with Crippen LogP contribution in [0.5, 0.6) is 0 Å². The number of aryl methyl sites for hydroxylation is 1. The maximum absolute atomic E-state index is 12.7. The van der Waals surface area contributed by atoms with Crippen LogP contribution in [-0.2, 0) is 18.4 Å². The highest BCUT2D eigenvalue weighted by Crippen LogP contribution is 2.22. The molecule has 2 heterocycles. The molecule has 2 aromatic carbocycles. The quantitative estimate of drug-likeness (QED) is 0.448. The molecule has 7 heteroatoms. The number of H-pyrrole nitrogens is 1. The van der Waals surface area contributed by atoms with Crippen LogP contribution in [0.2, 0.25) is 0 Å². The standard InChI is InChI=1S/C25H26N4O3/c1-17(15-32-16-18-7-4-3-5-8-18)13-27-24(30)20-10-6-9-19(11-20)21-12-22-23(26-14-21)28-25(31)29(22)2/h3-12,14,17H,13,15-16H2,1-2H3,(H,27,30)(H,26,28,31). The molecule has 0 aliphatic rings. The van der Waals surface area contributed by atoms with Gasteiger partial charge in [0.05, 0.1) is 18.7 Å². The minimum Gasteiger partial charge on any atom is -0.376 e. The van der Waals surface area contributed by atoms with Crippen molar-refractivity contribution in [3.05, 3.63) is 88.5 Å². The van der Waals surface area contributed by atoms with E-state index in [-0.39, 0.29) is 17.5 Å². The fraction of sp³-hybridized carbons (Fsp3) is 0.240. The van der Waals surface area contributed by atoms with Crippen molar-refractivity contribution in [3.8, 4) is 11.1 Å². The molecule has 7 nitrogen and oxygen atoms in total. The third-order valence-corrected chi connectivity index (χ3v) is 5.34. The SMILES string of the molecule is CC(CNC(=O)c1cccc(-c2cnc3[nH]c(=O)n(C)c3c2)c1)COCc1ccccc1. The minimum atomic E-state index is -0.209. The van der Waals surface area contributed by atoms with E-state index in [1.54, 1.807) is 19.3 Å². The van der Waals surface area contributed by atoms with Gasteiger partial charge in [0, 0.05) is 30.9 Å². The molecule has 2 N–H and O–H groups in total. The Labute approximate surface area is 186 Å². The lowest BCUT2D eigenvalue weighted by molar-refractivity contribution is 0.0843. The average Bonchev–Trinajstić information content (AvgIpc) is 3.11. The normalized spacial score (nSPS) is 12.1. The maximum atomic E-state index is 12.7. The summed E-state index contributed by atoms with van der Waals surface area (Å²) in [5.41, 5.74) is 4.45. The largest absolute Gasteiger partial charge is 0.376 e. The lowest BCUT2D eigenvalue weighted by atomic mass is 10.0. The van der Waals surface area contributed by atoms with Gasteiger partial charge >= 0.3 is 5.69 Å². The predicted octanol–water partition coefficient (Wildman–Crippen LogP) is 3.51. The first-order valence-electron chi connectivity index (χ1n) is 10.6. The molecule has 0 bridgehead atoms. The van der Waals surface area contributed by atoms with E-state index in [9.17, 15) is 9.59 Å². The zero-order valence-electron chi connectivity index (χ0n) is 18.2. The number of nitrogens with one attached hydrogen (secondary N) is 2. The Kier molecular flexibility index (Phi) is 6.47. The highest BCUT2D eigenvalue weighted by molar-refractivity contribution is 5.95. The zero-order chi connectivity index (χ0) is 22.5. The summed E-state index contributed by atoms with van der Waals surface area (Å²) in [6, 6.07) is 19.3. The molecule has 0 saturated heterocycles. The summed E-state index contributed by atoms with van der Waals surface area (Å²) in [6.07, 6.45) is 1.70. The van der Waals surface area contributed by atoms with Crippen LogP contribution in [-0.4, -0.2) is 33.6 Å². The van der Waals surface area contributed by atoms with Crippen molar-refractivity contribution < 1.29 is 9.53 Å². The summed E-state index contributed by atoms with van der Waals surface area (Å²) in [5.74, 6) is 0.0529. The monoisotopic (exact) mass is 430 g/mol. The van der Waals surface area contributed by atoms with Crippen LogP contribution in [0.1, 0.15) is 22.8 Å². The Hall–Kier alpha value is -3.71. The second kappa shape index (κ2) is 9.62. The Bertz CT molecular complexity index is 1280. The van der Waals surface area contributed by atoms with E-state index in [4.69, 9.17) is 4.74 Å². The van der Waals surface area contributed by atoms with Gasteiger partial charge in [0.2, 0.25) is 0 Å². The van der Waals surface area contributed by atoms with Gasteiger partial charge in [-0.1, -0.05) is 49.4 Å². The maximum Gasteiger partial charge on any atom is 0.327 e. The first-order chi connectivity index (χ1) is 15.5. The number of carbonyl (C=O) groups excluding carboxylic acids is 1. The van der Waals surface area contributed by atoms with E-state index < -0.39 is 0 Å². The first-order valence-corrected chi connectivity index (χ1v) is 10.6. The van der Waals surface area contributed by atoms with Gasteiger partial charge in [-0.2, -0.15) is 0 Å². The number of aromatic nitrogens is 3. The van der Waals surface area contributed by atoms with Crippen molar-refractivity contribution in [2.24, 2.45) is 13.0 Å². The second-order valence-electron chi connectivity index (χ2n) is 7.98. The van der Waals surface area contributed by atoms with E-state index in [0.29, 0.717) is 36.5 Å². The number of hydrogen-bond acceptors (Lipinski definition) is 4. The van der Waals surface area contributed by atoms with Crippen molar-refractivity contribution >= 4 is 17.1 Å². The molecule has 2 aromatic heterocycles. The molecule has 1 amide bonds. The molecule has 0 aliphatic heterocycles. The Morgan fingerprint density at radius 3 is 2.75 bits per heavy atom. The number of benzene rings is 2. The smallest absolute Gasteiger partial charge is 0.327 e. The van der Waals surface area contributed by atoms with Gasteiger partial charge in [-0.25, -0.2) is 9.78 Å². The summed E-state index contributed by atoms with van der Waals surface area (Å²) in [4.78, 5) is 31.5. The van der Waals surface area contributed by atoms with Crippen LogP contribution in [0, 0.1) is 5.92 Å². The van der Waals surface area contributed by atoms with Crippen LogP contribution in [0.25, 0.3) is 22.3 Å². The molecule has 0 aliphatic carbocycles. The van der Waals surface area contributed by atoms with Crippen molar-refractivity contribution in [3.63, 3.8) is 0 Å². The number of pyridine rings is 1. The first kappa shape index (κ1) is 21.5. The molecule has 4 aromatic rings. The van der Waals surface area contributed by atoms with Crippen LogP contribution in [0.15, 0.2) is 71.7 Å². The number of hydrogen-bond donors (Lipinski definition) is 2. The molecule has 0 fully saturated rings. The fourth-order valence-electron chi connectivity index (χ4n) is 3.48. The van der Waals surface area contributed by atoms with E-state index >= 15 is 0 Å². The van der Waals surface area contributed by atoms with Crippen molar-refractivity contribution in [2.75, 3.05) is 13.2 Å². The van der Waals surface area contributed by atoms with Gasteiger partial charge in [0.25, 0.3) is 5.91 Å². The van der Waals surface area contributed by atoms with E-state index in [0.717, 1.165) is 16.7 Å². The molecule has 1 unspecified atom stereocenters. The molecular weight excluding hydrogens is 404 g/mol. The zero-order valence-corrected chi connectivity index (χ0v) is 18.2. The number of fused-ring (bicyclic) bond motifs is 1. The fourth-order valence-corrected chi connectivity index (χ4v) is 3.48. The van der Waals surface area contributed by atoms with Crippen LogP contribution >= 0.6 is 0 Å². The Balaban J connectivity index is 1.36. The van der Waals surface area contributed by atoms with Crippen molar-refractivity contribution in [2.45, 2.75) is 13.5 Å². The molecule has 1 atom stereocenters. The molecule has 0 saturated carbocycles. The van der Waals surface area contributed by atoms with Crippen LogP contribution < -0.4 is 11.0 Å². The predicted molar refractivity (Wildman–Crippen MR) is 124 cm³/mol. The number of carbonyl (C=O) groups is 1. The average molecular weight is 431 g/mol.